The quantitative estimate of drug-likeness (QED) is 0.457. The minimum absolute atomic E-state index is 0.0338. The van der Waals surface area contributed by atoms with E-state index in [0.717, 1.165) is 47.9 Å². The molecular weight excluding hydrogens is 470 g/mol. The minimum Gasteiger partial charge on any atom is -0.376 e. The number of rotatable bonds is 8. The standard InChI is InChI=1S/C25H29N3O4S2/c1-3-17-6-4-8-22-23(17)26-25(33-22)28(16-20-7-5-15-32-20)24(29)18-9-13-21(14-10-18)34(30,31)27(2)19-11-12-19/h4,6,8-10,13-14,19-20H,3,5,7,11-12,15-16H2,1-2H3. The van der Waals surface area contributed by atoms with Gasteiger partial charge in [0.05, 0.1) is 27.8 Å². The van der Waals surface area contributed by atoms with Crippen molar-refractivity contribution in [3.05, 3.63) is 53.6 Å². The van der Waals surface area contributed by atoms with Gasteiger partial charge in [0.2, 0.25) is 10.0 Å². The second-order valence-electron chi connectivity index (χ2n) is 8.94. The number of carbonyl (C=O) groups excluding carboxylic acids is 1. The molecule has 1 atom stereocenters. The normalized spacial score (nSPS) is 18.6. The second kappa shape index (κ2) is 9.37. The van der Waals surface area contributed by atoms with Crippen LogP contribution in [-0.4, -0.2) is 56.0 Å². The second-order valence-corrected chi connectivity index (χ2v) is 11.9. The largest absolute Gasteiger partial charge is 0.376 e. The van der Waals surface area contributed by atoms with E-state index in [1.807, 2.05) is 12.1 Å². The number of nitrogens with zero attached hydrogens (tertiary/aromatic N) is 3. The highest BCUT2D eigenvalue weighted by Gasteiger charge is 2.35. The molecule has 2 heterocycles. The van der Waals surface area contributed by atoms with E-state index in [0.29, 0.717) is 23.8 Å². The third kappa shape index (κ3) is 4.49. The van der Waals surface area contributed by atoms with Gasteiger partial charge in [0.15, 0.2) is 5.13 Å². The molecule has 0 bridgehead atoms. The molecule has 1 saturated carbocycles. The number of hydrogen-bond acceptors (Lipinski definition) is 6. The molecule has 5 rings (SSSR count). The maximum Gasteiger partial charge on any atom is 0.260 e. The van der Waals surface area contributed by atoms with E-state index in [-0.39, 0.29) is 22.9 Å². The number of benzene rings is 2. The molecule has 1 amide bonds. The molecule has 1 unspecified atom stereocenters. The maximum absolute atomic E-state index is 13.7. The van der Waals surface area contributed by atoms with E-state index in [1.54, 1.807) is 24.1 Å². The van der Waals surface area contributed by atoms with Crippen molar-refractivity contribution < 1.29 is 17.9 Å². The average Bonchev–Trinajstić information content (AvgIpc) is 3.39. The predicted octanol–water partition coefficient (Wildman–Crippen LogP) is 4.47. The van der Waals surface area contributed by atoms with Crippen molar-refractivity contribution in [3.8, 4) is 0 Å². The van der Waals surface area contributed by atoms with Crippen LogP contribution in [0.2, 0.25) is 0 Å². The van der Waals surface area contributed by atoms with Gasteiger partial charge in [-0.2, -0.15) is 4.31 Å². The Hall–Kier alpha value is -2.33. The summed E-state index contributed by atoms with van der Waals surface area (Å²) in [5.74, 6) is -0.202. The zero-order valence-electron chi connectivity index (χ0n) is 19.4. The lowest BCUT2D eigenvalue weighted by Gasteiger charge is -2.23. The van der Waals surface area contributed by atoms with Crippen LogP contribution in [0, 0.1) is 0 Å². The summed E-state index contributed by atoms with van der Waals surface area (Å²) >= 11 is 1.50. The lowest BCUT2D eigenvalue weighted by molar-refractivity contribution is 0.0917. The number of aromatic nitrogens is 1. The fraction of sp³-hybridized carbons (Fsp3) is 0.440. The number of para-hydroxylation sites is 1. The number of thiazole rings is 1. The molecule has 1 saturated heterocycles. The van der Waals surface area contributed by atoms with Crippen molar-refractivity contribution in [1.82, 2.24) is 9.29 Å². The molecule has 1 aromatic heterocycles. The van der Waals surface area contributed by atoms with Gasteiger partial charge in [-0.1, -0.05) is 30.4 Å². The van der Waals surface area contributed by atoms with Crippen LogP contribution in [0.25, 0.3) is 10.2 Å². The number of ether oxygens (including phenoxy) is 1. The van der Waals surface area contributed by atoms with E-state index < -0.39 is 10.0 Å². The van der Waals surface area contributed by atoms with Gasteiger partial charge in [0.25, 0.3) is 5.91 Å². The fourth-order valence-corrected chi connectivity index (χ4v) is 6.80. The van der Waals surface area contributed by atoms with Crippen molar-refractivity contribution in [2.45, 2.75) is 56.1 Å². The van der Waals surface area contributed by atoms with Gasteiger partial charge >= 0.3 is 0 Å². The summed E-state index contributed by atoms with van der Waals surface area (Å²) in [5, 5.41) is 0.640. The Morgan fingerprint density at radius 1 is 1.15 bits per heavy atom. The topological polar surface area (TPSA) is 79.8 Å². The molecule has 0 spiro atoms. The Kier molecular flexibility index (Phi) is 6.45. The Morgan fingerprint density at radius 2 is 1.91 bits per heavy atom. The first-order valence-electron chi connectivity index (χ1n) is 11.8. The molecule has 2 fully saturated rings. The van der Waals surface area contributed by atoms with E-state index in [2.05, 4.69) is 13.0 Å². The molecule has 34 heavy (non-hydrogen) atoms. The molecule has 3 aromatic rings. The van der Waals surface area contributed by atoms with Gasteiger partial charge in [-0.15, -0.1) is 0 Å². The van der Waals surface area contributed by atoms with Crippen LogP contribution in [0.5, 0.6) is 0 Å². The number of amides is 1. The van der Waals surface area contributed by atoms with Crippen LogP contribution in [0.15, 0.2) is 47.4 Å². The van der Waals surface area contributed by atoms with Crippen LogP contribution in [0.3, 0.4) is 0 Å². The number of hydrogen-bond donors (Lipinski definition) is 0. The van der Waals surface area contributed by atoms with Gasteiger partial charge < -0.3 is 4.74 Å². The fourth-order valence-electron chi connectivity index (χ4n) is 4.36. The molecule has 180 valence electrons. The van der Waals surface area contributed by atoms with E-state index in [4.69, 9.17) is 9.72 Å². The van der Waals surface area contributed by atoms with E-state index >= 15 is 0 Å². The van der Waals surface area contributed by atoms with Crippen LogP contribution in [-0.2, 0) is 21.2 Å². The highest BCUT2D eigenvalue weighted by Crippen LogP contribution is 2.33. The SMILES string of the molecule is CCc1cccc2sc(N(CC3CCCO3)C(=O)c3ccc(S(=O)(=O)N(C)C4CC4)cc3)nc12. The summed E-state index contributed by atoms with van der Waals surface area (Å²) < 4.78 is 34.0. The monoisotopic (exact) mass is 499 g/mol. The van der Waals surface area contributed by atoms with Crippen molar-refractivity contribution in [1.29, 1.82) is 0 Å². The van der Waals surface area contributed by atoms with E-state index in [9.17, 15) is 13.2 Å². The Morgan fingerprint density at radius 3 is 2.56 bits per heavy atom. The molecule has 0 radical (unpaired) electrons. The first-order valence-corrected chi connectivity index (χ1v) is 14.0. The summed E-state index contributed by atoms with van der Waals surface area (Å²) in [6.07, 6.45) is 4.51. The van der Waals surface area contributed by atoms with Gasteiger partial charge in [-0.05, 0) is 68.0 Å². The highest BCUT2D eigenvalue weighted by molar-refractivity contribution is 7.89. The summed E-state index contributed by atoms with van der Waals surface area (Å²) in [6, 6.07) is 12.5. The van der Waals surface area contributed by atoms with Crippen LogP contribution >= 0.6 is 11.3 Å². The predicted molar refractivity (Wildman–Crippen MR) is 134 cm³/mol. The maximum atomic E-state index is 13.7. The third-order valence-corrected chi connectivity index (χ3v) is 9.57. The first kappa shape index (κ1) is 23.4. The smallest absolute Gasteiger partial charge is 0.260 e. The summed E-state index contributed by atoms with van der Waals surface area (Å²) in [6.45, 7) is 3.22. The number of sulfonamides is 1. The van der Waals surface area contributed by atoms with Crippen LogP contribution in [0.1, 0.15) is 48.5 Å². The van der Waals surface area contributed by atoms with Crippen molar-refractivity contribution >= 4 is 42.6 Å². The summed E-state index contributed by atoms with van der Waals surface area (Å²) in [5.41, 5.74) is 2.51. The minimum atomic E-state index is -3.56. The van der Waals surface area contributed by atoms with Crippen LogP contribution in [0.4, 0.5) is 5.13 Å². The number of aryl methyl sites for hydroxylation is 1. The molecular formula is C25H29N3O4S2. The Labute approximate surface area is 204 Å². The Bertz CT molecular complexity index is 1290. The lowest BCUT2D eigenvalue weighted by Crippen LogP contribution is -2.37. The molecule has 0 N–H and O–H groups in total. The van der Waals surface area contributed by atoms with Crippen molar-refractivity contribution in [2.75, 3.05) is 25.1 Å². The number of carbonyl (C=O) groups is 1. The lowest BCUT2D eigenvalue weighted by atomic mass is 10.1. The van der Waals surface area contributed by atoms with Gasteiger partial charge in [-0.25, -0.2) is 13.4 Å². The molecule has 9 heteroatoms. The van der Waals surface area contributed by atoms with Crippen LogP contribution < -0.4 is 4.90 Å². The van der Waals surface area contributed by atoms with Crippen molar-refractivity contribution in [2.24, 2.45) is 0 Å². The third-order valence-electron chi connectivity index (χ3n) is 6.60. The van der Waals surface area contributed by atoms with Gasteiger partial charge in [-0.3, -0.25) is 9.69 Å². The molecule has 7 nitrogen and oxygen atoms in total. The molecule has 2 aromatic carbocycles. The van der Waals surface area contributed by atoms with Gasteiger partial charge in [0.1, 0.15) is 0 Å². The average molecular weight is 500 g/mol. The van der Waals surface area contributed by atoms with Gasteiger partial charge in [0, 0.05) is 25.3 Å². The molecule has 1 aliphatic carbocycles. The van der Waals surface area contributed by atoms with E-state index in [1.165, 1.54) is 27.8 Å². The number of fused-ring (bicyclic) bond motifs is 1. The zero-order valence-corrected chi connectivity index (χ0v) is 21.1. The first-order chi connectivity index (χ1) is 16.4. The Balaban J connectivity index is 1.46. The zero-order chi connectivity index (χ0) is 23.9. The molecule has 1 aliphatic heterocycles. The molecule has 2 aliphatic rings. The number of anilines is 1. The van der Waals surface area contributed by atoms with Crippen molar-refractivity contribution in [3.63, 3.8) is 0 Å². The summed E-state index contributed by atoms with van der Waals surface area (Å²) in [7, 11) is -1.94. The summed E-state index contributed by atoms with van der Waals surface area (Å²) in [4.78, 5) is 20.4. The highest BCUT2D eigenvalue weighted by atomic mass is 32.2.